The highest BCUT2D eigenvalue weighted by Crippen LogP contribution is 2.21. The van der Waals surface area contributed by atoms with Gasteiger partial charge in [0.2, 0.25) is 0 Å². The number of piperazine rings is 1. The summed E-state index contributed by atoms with van der Waals surface area (Å²) in [6.07, 6.45) is 1.60. The minimum absolute atomic E-state index is 0.00720. The molecule has 1 aromatic heterocycles. The van der Waals surface area contributed by atoms with Gasteiger partial charge in [-0.05, 0) is 38.2 Å². The van der Waals surface area contributed by atoms with Gasteiger partial charge in [0.15, 0.2) is 0 Å². The molecule has 1 amide bonds. The van der Waals surface area contributed by atoms with Gasteiger partial charge in [-0.3, -0.25) is 4.79 Å². The zero-order chi connectivity index (χ0) is 19.2. The number of benzene rings is 1. The highest BCUT2D eigenvalue weighted by atomic mass is 16.5. The lowest BCUT2D eigenvalue weighted by molar-refractivity contribution is 0.0527. The monoisotopic (exact) mass is 368 g/mol. The Hall–Kier alpha value is -2.93. The smallest absolute Gasteiger partial charge is 0.340 e. The Morgan fingerprint density at radius 1 is 1.15 bits per heavy atom. The van der Waals surface area contributed by atoms with Crippen LogP contribution in [0.3, 0.4) is 0 Å². The second-order valence-corrected chi connectivity index (χ2v) is 6.42. The molecule has 1 aromatic carbocycles. The van der Waals surface area contributed by atoms with E-state index in [1.165, 1.54) is 0 Å². The molecule has 0 unspecified atom stereocenters. The Kier molecular flexibility index (Phi) is 6.03. The summed E-state index contributed by atoms with van der Waals surface area (Å²) >= 11 is 0. The van der Waals surface area contributed by atoms with Crippen LogP contribution >= 0.6 is 0 Å². The molecule has 1 N–H and O–H groups in total. The van der Waals surface area contributed by atoms with Gasteiger partial charge in [0, 0.05) is 37.9 Å². The number of para-hydroxylation sites is 1. The van der Waals surface area contributed by atoms with Crippen molar-refractivity contribution in [1.29, 1.82) is 0 Å². The molecule has 1 aliphatic rings. The molecule has 2 aromatic rings. The van der Waals surface area contributed by atoms with Gasteiger partial charge in [-0.1, -0.05) is 12.1 Å². The van der Waals surface area contributed by atoms with Gasteiger partial charge in [-0.2, -0.15) is 0 Å². The van der Waals surface area contributed by atoms with Gasteiger partial charge in [-0.25, -0.2) is 9.78 Å². The molecule has 0 spiro atoms. The number of aromatic nitrogens is 1. The molecule has 1 aliphatic heterocycles. The van der Waals surface area contributed by atoms with Crippen molar-refractivity contribution in [2.75, 3.05) is 45.2 Å². The molecule has 0 bridgehead atoms. The molecule has 7 nitrogen and oxygen atoms in total. The quantitative estimate of drug-likeness (QED) is 0.817. The van der Waals surface area contributed by atoms with Gasteiger partial charge in [-0.15, -0.1) is 0 Å². The van der Waals surface area contributed by atoms with Crippen molar-refractivity contribution >= 4 is 23.4 Å². The largest absolute Gasteiger partial charge is 0.462 e. The van der Waals surface area contributed by atoms with Crippen LogP contribution in [0, 0.1) is 0 Å². The first-order chi connectivity index (χ1) is 13.1. The van der Waals surface area contributed by atoms with E-state index in [9.17, 15) is 9.59 Å². The van der Waals surface area contributed by atoms with E-state index in [4.69, 9.17) is 4.74 Å². The van der Waals surface area contributed by atoms with Gasteiger partial charge < -0.3 is 19.9 Å². The van der Waals surface area contributed by atoms with Crippen LogP contribution in [0.4, 0.5) is 11.5 Å². The summed E-state index contributed by atoms with van der Waals surface area (Å²) in [5.74, 6) is 0.101. The first-order valence-electron chi connectivity index (χ1n) is 9.05. The average Bonchev–Trinajstić information content (AvgIpc) is 2.69. The van der Waals surface area contributed by atoms with Crippen LogP contribution in [0.15, 0.2) is 42.6 Å². The number of nitrogens with zero attached hydrogens (tertiary/aromatic N) is 3. The Morgan fingerprint density at radius 3 is 2.63 bits per heavy atom. The number of ether oxygens (including phenoxy) is 1. The van der Waals surface area contributed by atoms with Crippen LogP contribution in [0.1, 0.15) is 27.6 Å². The van der Waals surface area contributed by atoms with Crippen LogP contribution < -0.4 is 5.32 Å². The van der Waals surface area contributed by atoms with Crippen molar-refractivity contribution in [3.63, 3.8) is 0 Å². The molecule has 2 heterocycles. The predicted octanol–water partition coefficient (Wildman–Crippen LogP) is 2.39. The number of carbonyl (C=O) groups excluding carboxylic acids is 2. The number of esters is 1. The van der Waals surface area contributed by atoms with E-state index in [0.717, 1.165) is 13.1 Å². The van der Waals surface area contributed by atoms with Crippen LogP contribution in [-0.4, -0.2) is 66.5 Å². The van der Waals surface area contributed by atoms with E-state index < -0.39 is 5.97 Å². The number of hydrogen-bond donors (Lipinski definition) is 1. The highest BCUT2D eigenvalue weighted by Gasteiger charge is 2.21. The SMILES string of the molecule is CCOC(=O)c1ccccc1Nc1cc(C(=O)N2CCN(C)CC2)ccn1. The van der Waals surface area contributed by atoms with E-state index >= 15 is 0 Å². The molecule has 142 valence electrons. The average molecular weight is 368 g/mol. The Morgan fingerprint density at radius 2 is 1.89 bits per heavy atom. The molecule has 1 saturated heterocycles. The summed E-state index contributed by atoms with van der Waals surface area (Å²) in [6, 6.07) is 10.5. The second kappa shape index (κ2) is 8.64. The van der Waals surface area contributed by atoms with Gasteiger partial charge in [0.25, 0.3) is 5.91 Å². The van der Waals surface area contributed by atoms with Crippen molar-refractivity contribution in [3.8, 4) is 0 Å². The van der Waals surface area contributed by atoms with Crippen molar-refractivity contribution in [2.45, 2.75) is 6.92 Å². The summed E-state index contributed by atoms with van der Waals surface area (Å²) in [4.78, 5) is 33.2. The van der Waals surface area contributed by atoms with E-state index in [-0.39, 0.29) is 5.91 Å². The summed E-state index contributed by atoms with van der Waals surface area (Å²) in [7, 11) is 2.05. The lowest BCUT2D eigenvalue weighted by Gasteiger charge is -2.32. The number of rotatable bonds is 5. The molecule has 0 aliphatic carbocycles. The summed E-state index contributed by atoms with van der Waals surface area (Å²) in [6.45, 7) is 5.24. The van der Waals surface area contributed by atoms with Crippen LogP contribution in [-0.2, 0) is 4.74 Å². The van der Waals surface area contributed by atoms with Crippen LogP contribution in [0.25, 0.3) is 0 Å². The number of nitrogens with one attached hydrogen (secondary N) is 1. The highest BCUT2D eigenvalue weighted by molar-refractivity contribution is 5.97. The van der Waals surface area contributed by atoms with Gasteiger partial charge in [0.05, 0.1) is 17.9 Å². The van der Waals surface area contributed by atoms with Crippen molar-refractivity contribution in [2.24, 2.45) is 0 Å². The third-order valence-electron chi connectivity index (χ3n) is 4.48. The van der Waals surface area contributed by atoms with E-state index in [1.807, 2.05) is 11.0 Å². The summed E-state index contributed by atoms with van der Waals surface area (Å²) < 4.78 is 5.09. The van der Waals surface area contributed by atoms with E-state index in [0.29, 0.717) is 42.3 Å². The maximum absolute atomic E-state index is 12.7. The van der Waals surface area contributed by atoms with Crippen molar-refractivity contribution in [1.82, 2.24) is 14.8 Å². The topological polar surface area (TPSA) is 74.8 Å². The Balaban J connectivity index is 1.77. The molecule has 0 radical (unpaired) electrons. The van der Waals surface area contributed by atoms with Crippen LogP contribution in [0.2, 0.25) is 0 Å². The third kappa shape index (κ3) is 4.62. The Labute approximate surface area is 158 Å². The fraction of sp³-hybridized carbons (Fsp3) is 0.350. The maximum atomic E-state index is 12.7. The molecular weight excluding hydrogens is 344 g/mol. The molecule has 7 heteroatoms. The molecular formula is C20H24N4O3. The number of hydrogen-bond acceptors (Lipinski definition) is 6. The molecule has 3 rings (SSSR count). The minimum Gasteiger partial charge on any atom is -0.462 e. The number of anilines is 2. The lowest BCUT2D eigenvalue weighted by Crippen LogP contribution is -2.47. The zero-order valence-corrected chi connectivity index (χ0v) is 15.6. The number of amides is 1. The maximum Gasteiger partial charge on any atom is 0.340 e. The summed E-state index contributed by atoms with van der Waals surface area (Å²) in [5.41, 5.74) is 1.59. The van der Waals surface area contributed by atoms with Gasteiger partial charge in [0.1, 0.15) is 5.82 Å². The normalized spacial score (nSPS) is 14.7. The molecule has 1 fully saturated rings. The first-order valence-corrected chi connectivity index (χ1v) is 9.05. The zero-order valence-electron chi connectivity index (χ0n) is 15.6. The third-order valence-corrected chi connectivity index (χ3v) is 4.48. The fourth-order valence-electron chi connectivity index (χ4n) is 2.94. The molecule has 27 heavy (non-hydrogen) atoms. The Bertz CT molecular complexity index is 816. The fourth-order valence-corrected chi connectivity index (χ4v) is 2.94. The van der Waals surface area contributed by atoms with E-state index in [2.05, 4.69) is 22.2 Å². The number of carbonyl (C=O) groups is 2. The van der Waals surface area contributed by atoms with E-state index in [1.54, 1.807) is 43.5 Å². The predicted molar refractivity (Wildman–Crippen MR) is 103 cm³/mol. The first kappa shape index (κ1) is 18.8. The standard InChI is InChI=1S/C20H24N4O3/c1-3-27-20(26)16-6-4-5-7-17(16)22-18-14-15(8-9-21-18)19(25)24-12-10-23(2)11-13-24/h4-9,14H,3,10-13H2,1-2H3,(H,21,22). The van der Waals surface area contributed by atoms with Crippen molar-refractivity contribution < 1.29 is 14.3 Å². The summed E-state index contributed by atoms with van der Waals surface area (Å²) in [5, 5.41) is 3.13. The lowest BCUT2D eigenvalue weighted by atomic mass is 10.1. The second-order valence-electron chi connectivity index (χ2n) is 6.42. The number of likely N-dealkylation sites (N-methyl/N-ethyl adjacent to an activating group) is 1. The van der Waals surface area contributed by atoms with Crippen molar-refractivity contribution in [3.05, 3.63) is 53.7 Å². The van der Waals surface area contributed by atoms with Crippen LogP contribution in [0.5, 0.6) is 0 Å². The number of pyridine rings is 1. The van der Waals surface area contributed by atoms with Gasteiger partial charge >= 0.3 is 5.97 Å². The molecule has 0 atom stereocenters. The molecule has 0 saturated carbocycles. The minimum atomic E-state index is -0.398.